The van der Waals surface area contributed by atoms with E-state index in [1.165, 1.54) is 0 Å². The lowest BCUT2D eigenvalue weighted by Crippen LogP contribution is -2.37. The molecular weight excluding hydrogens is 182 g/mol. The summed E-state index contributed by atoms with van der Waals surface area (Å²) in [5.74, 6) is 0.134. The average Bonchev–Trinajstić information content (AvgIpc) is 2.53. The fourth-order valence-corrected chi connectivity index (χ4v) is 1.67. The summed E-state index contributed by atoms with van der Waals surface area (Å²) in [4.78, 5) is 21.9. The molecule has 0 unspecified atom stereocenters. The van der Waals surface area contributed by atoms with E-state index in [9.17, 15) is 9.59 Å². The van der Waals surface area contributed by atoms with Gasteiger partial charge in [0.1, 0.15) is 5.60 Å². The van der Waals surface area contributed by atoms with Crippen LogP contribution in [0.5, 0.6) is 0 Å². The van der Waals surface area contributed by atoms with Crippen LogP contribution < -0.4 is 5.32 Å². The van der Waals surface area contributed by atoms with E-state index >= 15 is 0 Å². The largest absolute Gasteiger partial charge is 0.461 e. The molecule has 1 aliphatic heterocycles. The van der Waals surface area contributed by atoms with Gasteiger partial charge in [-0.15, -0.1) is 0 Å². The molecule has 14 heavy (non-hydrogen) atoms. The van der Waals surface area contributed by atoms with Crippen molar-refractivity contribution in [2.45, 2.75) is 44.8 Å². The number of ketones is 1. The van der Waals surface area contributed by atoms with Gasteiger partial charge in [-0.05, 0) is 33.2 Å². The zero-order chi connectivity index (χ0) is 10.6. The number of hydrogen-bond donors (Lipinski definition) is 1. The van der Waals surface area contributed by atoms with Gasteiger partial charge in [0.05, 0.1) is 6.04 Å². The van der Waals surface area contributed by atoms with Gasteiger partial charge < -0.3 is 10.1 Å². The summed E-state index contributed by atoms with van der Waals surface area (Å²) in [5.41, 5.74) is -0.677. The van der Waals surface area contributed by atoms with E-state index in [4.69, 9.17) is 4.74 Å². The quantitative estimate of drug-likeness (QED) is 0.660. The molecule has 1 N–H and O–H groups in total. The molecule has 1 heterocycles. The van der Waals surface area contributed by atoms with Gasteiger partial charge in [-0.3, -0.25) is 9.59 Å². The molecule has 1 fully saturated rings. The molecule has 0 aromatic rings. The third kappa shape index (κ3) is 3.10. The lowest BCUT2D eigenvalue weighted by Gasteiger charge is -2.23. The second-order valence-corrected chi connectivity index (χ2v) is 4.27. The Kier molecular flexibility index (Phi) is 3.63. The Morgan fingerprint density at radius 2 is 2.36 bits per heavy atom. The van der Waals surface area contributed by atoms with E-state index in [1.807, 2.05) is 0 Å². The third-order valence-corrected chi connectivity index (χ3v) is 2.42. The van der Waals surface area contributed by atoms with E-state index < -0.39 is 5.60 Å². The van der Waals surface area contributed by atoms with E-state index in [2.05, 4.69) is 5.32 Å². The van der Waals surface area contributed by atoms with Gasteiger partial charge in [0.25, 0.3) is 6.47 Å². The van der Waals surface area contributed by atoms with E-state index in [0.29, 0.717) is 6.47 Å². The fraction of sp³-hybridized carbons (Fsp3) is 0.800. The molecule has 1 rings (SSSR count). The molecule has 0 bridgehead atoms. The first kappa shape index (κ1) is 11.2. The first-order chi connectivity index (χ1) is 6.55. The number of carbonyl (C=O) groups is 2. The minimum absolute atomic E-state index is 0.0375. The Morgan fingerprint density at radius 1 is 1.64 bits per heavy atom. The highest BCUT2D eigenvalue weighted by molar-refractivity contribution is 5.85. The molecule has 4 nitrogen and oxygen atoms in total. The van der Waals surface area contributed by atoms with Crippen LogP contribution in [0, 0.1) is 0 Å². The van der Waals surface area contributed by atoms with Crippen molar-refractivity contribution >= 4 is 12.3 Å². The van der Waals surface area contributed by atoms with Gasteiger partial charge in [-0.2, -0.15) is 0 Å². The predicted octanol–water partition coefficient (Wildman–Crippen LogP) is 0.649. The van der Waals surface area contributed by atoms with Crippen molar-refractivity contribution in [1.29, 1.82) is 0 Å². The van der Waals surface area contributed by atoms with Gasteiger partial charge in [0.15, 0.2) is 5.78 Å². The summed E-state index contributed by atoms with van der Waals surface area (Å²) in [6.07, 6.45) is 2.23. The van der Waals surface area contributed by atoms with Crippen LogP contribution in [-0.4, -0.2) is 30.4 Å². The molecule has 0 aliphatic carbocycles. The Labute approximate surface area is 84.0 Å². The van der Waals surface area contributed by atoms with Crippen molar-refractivity contribution < 1.29 is 14.3 Å². The summed E-state index contributed by atoms with van der Waals surface area (Å²) in [7, 11) is 0. The SMILES string of the molecule is CC(C)(CC(=O)[C@@H]1CCCN1)OC=O. The summed E-state index contributed by atoms with van der Waals surface area (Å²) < 4.78 is 4.83. The first-order valence-electron chi connectivity index (χ1n) is 4.93. The van der Waals surface area contributed by atoms with Crippen molar-refractivity contribution in [3.05, 3.63) is 0 Å². The molecular formula is C10H17NO3. The summed E-state index contributed by atoms with van der Waals surface area (Å²) in [5, 5.41) is 3.13. The molecule has 0 spiro atoms. The van der Waals surface area contributed by atoms with E-state index in [0.717, 1.165) is 19.4 Å². The predicted molar refractivity (Wildman–Crippen MR) is 51.9 cm³/mol. The second kappa shape index (κ2) is 4.55. The van der Waals surface area contributed by atoms with Crippen LogP contribution in [-0.2, 0) is 14.3 Å². The van der Waals surface area contributed by atoms with Crippen LogP contribution in [0.4, 0.5) is 0 Å². The standard InChI is InChI=1S/C10H17NO3/c1-10(2,14-7-12)6-9(13)8-4-3-5-11-8/h7-8,11H,3-6H2,1-2H3/t8-/m0/s1. The van der Waals surface area contributed by atoms with Crippen molar-refractivity contribution in [2.75, 3.05) is 6.54 Å². The molecule has 0 radical (unpaired) electrons. The highest BCUT2D eigenvalue weighted by atomic mass is 16.5. The number of rotatable bonds is 5. The van der Waals surface area contributed by atoms with Crippen LogP contribution in [0.1, 0.15) is 33.1 Å². The molecule has 0 saturated carbocycles. The second-order valence-electron chi connectivity index (χ2n) is 4.27. The highest BCUT2D eigenvalue weighted by Gasteiger charge is 2.29. The van der Waals surface area contributed by atoms with Gasteiger partial charge in [-0.1, -0.05) is 0 Å². The Hall–Kier alpha value is -0.900. The monoisotopic (exact) mass is 199 g/mol. The molecule has 4 heteroatoms. The molecule has 0 aromatic carbocycles. The summed E-state index contributed by atoms with van der Waals surface area (Å²) in [6.45, 7) is 4.79. The van der Waals surface area contributed by atoms with Crippen LogP contribution in [0.25, 0.3) is 0 Å². The van der Waals surface area contributed by atoms with Crippen molar-refractivity contribution in [3.8, 4) is 0 Å². The third-order valence-electron chi connectivity index (χ3n) is 2.42. The highest BCUT2D eigenvalue weighted by Crippen LogP contribution is 2.17. The number of carbonyl (C=O) groups excluding carboxylic acids is 2. The molecule has 1 saturated heterocycles. The number of hydrogen-bond acceptors (Lipinski definition) is 4. The number of Topliss-reactive ketones (excluding diaryl/α,β-unsaturated/α-hetero) is 1. The molecule has 0 amide bonds. The van der Waals surface area contributed by atoms with Gasteiger partial charge in [0, 0.05) is 6.42 Å². The lowest BCUT2D eigenvalue weighted by atomic mass is 9.97. The Bertz CT molecular complexity index is 219. The Balaban J connectivity index is 2.42. The summed E-state index contributed by atoms with van der Waals surface area (Å²) >= 11 is 0. The van der Waals surface area contributed by atoms with E-state index in [-0.39, 0.29) is 18.2 Å². The minimum Gasteiger partial charge on any atom is -0.461 e. The lowest BCUT2D eigenvalue weighted by molar-refractivity contribution is -0.143. The van der Waals surface area contributed by atoms with Gasteiger partial charge in [0.2, 0.25) is 0 Å². The average molecular weight is 199 g/mol. The van der Waals surface area contributed by atoms with Crippen LogP contribution >= 0.6 is 0 Å². The number of ether oxygens (including phenoxy) is 1. The maximum Gasteiger partial charge on any atom is 0.293 e. The molecule has 1 aliphatic rings. The Morgan fingerprint density at radius 3 is 2.86 bits per heavy atom. The minimum atomic E-state index is -0.677. The van der Waals surface area contributed by atoms with E-state index in [1.54, 1.807) is 13.8 Å². The molecule has 1 atom stereocenters. The zero-order valence-electron chi connectivity index (χ0n) is 8.71. The van der Waals surface area contributed by atoms with Crippen molar-refractivity contribution in [1.82, 2.24) is 5.32 Å². The summed E-state index contributed by atoms with van der Waals surface area (Å²) in [6, 6.07) is -0.0375. The maximum atomic E-state index is 11.7. The van der Waals surface area contributed by atoms with Gasteiger partial charge in [-0.25, -0.2) is 0 Å². The van der Waals surface area contributed by atoms with Gasteiger partial charge >= 0.3 is 0 Å². The first-order valence-corrected chi connectivity index (χ1v) is 4.93. The van der Waals surface area contributed by atoms with Crippen LogP contribution in [0.15, 0.2) is 0 Å². The maximum absolute atomic E-state index is 11.7. The van der Waals surface area contributed by atoms with Crippen LogP contribution in [0.2, 0.25) is 0 Å². The fourth-order valence-electron chi connectivity index (χ4n) is 1.67. The van der Waals surface area contributed by atoms with Crippen LogP contribution in [0.3, 0.4) is 0 Å². The normalized spacial score (nSPS) is 22.0. The number of nitrogens with one attached hydrogen (secondary N) is 1. The van der Waals surface area contributed by atoms with Crippen molar-refractivity contribution in [2.24, 2.45) is 0 Å². The molecule has 80 valence electrons. The van der Waals surface area contributed by atoms with Crippen molar-refractivity contribution in [3.63, 3.8) is 0 Å². The topological polar surface area (TPSA) is 55.4 Å². The molecule has 0 aromatic heterocycles. The smallest absolute Gasteiger partial charge is 0.293 e. The zero-order valence-corrected chi connectivity index (χ0v) is 8.71.